The lowest BCUT2D eigenvalue weighted by molar-refractivity contribution is 0.294. The predicted molar refractivity (Wildman–Crippen MR) is 92.9 cm³/mol. The van der Waals surface area contributed by atoms with Crippen LogP contribution in [0.3, 0.4) is 0 Å². The minimum Gasteiger partial charge on any atom is -0.470 e. The van der Waals surface area contributed by atoms with E-state index >= 15 is 0 Å². The first-order valence-electron chi connectivity index (χ1n) is 6.98. The molecule has 0 spiro atoms. The van der Waals surface area contributed by atoms with E-state index < -0.39 is 0 Å². The van der Waals surface area contributed by atoms with Gasteiger partial charge < -0.3 is 10.5 Å². The first-order chi connectivity index (χ1) is 11.7. The zero-order chi connectivity index (χ0) is 16.8. The fraction of sp³-hybridized carbons (Fsp3) is 0.0588. The van der Waals surface area contributed by atoms with Crippen LogP contribution >= 0.6 is 15.9 Å². The van der Waals surface area contributed by atoms with Crippen molar-refractivity contribution in [1.82, 2.24) is 19.9 Å². The average Bonchev–Trinajstić information content (AvgIpc) is 2.62. The number of hydrogen-bond acceptors (Lipinski definition) is 6. The number of pyridine rings is 2. The van der Waals surface area contributed by atoms with E-state index in [1.54, 1.807) is 18.6 Å². The second-order valence-electron chi connectivity index (χ2n) is 4.71. The highest BCUT2D eigenvalue weighted by molar-refractivity contribution is 9.10. The molecule has 0 aliphatic rings. The Morgan fingerprint density at radius 3 is 2.75 bits per heavy atom. The second kappa shape index (κ2) is 7.53. The van der Waals surface area contributed by atoms with E-state index in [2.05, 4.69) is 47.7 Å². The molecule has 6 nitrogen and oxygen atoms in total. The largest absolute Gasteiger partial charge is 0.470 e. The molecule has 0 saturated heterocycles. The van der Waals surface area contributed by atoms with Gasteiger partial charge >= 0.3 is 0 Å². The van der Waals surface area contributed by atoms with Crippen molar-refractivity contribution in [3.63, 3.8) is 0 Å². The van der Waals surface area contributed by atoms with Crippen molar-refractivity contribution in [1.29, 1.82) is 0 Å². The van der Waals surface area contributed by atoms with Crippen LogP contribution in [-0.2, 0) is 6.61 Å². The Kier molecular flexibility index (Phi) is 4.99. The number of halogens is 1. The van der Waals surface area contributed by atoms with Crippen molar-refractivity contribution in [2.75, 3.05) is 5.73 Å². The molecule has 0 amide bonds. The molecule has 0 unspecified atom stereocenters. The normalized spacial score (nSPS) is 9.88. The van der Waals surface area contributed by atoms with Gasteiger partial charge in [0.1, 0.15) is 16.9 Å². The van der Waals surface area contributed by atoms with E-state index in [1.807, 2.05) is 24.3 Å². The first-order valence-corrected chi connectivity index (χ1v) is 7.78. The van der Waals surface area contributed by atoms with Crippen molar-refractivity contribution < 1.29 is 4.74 Å². The van der Waals surface area contributed by atoms with Gasteiger partial charge in [0.25, 0.3) is 5.88 Å². The molecule has 0 aliphatic carbocycles. The molecule has 3 aromatic heterocycles. The first kappa shape index (κ1) is 15.9. The quantitative estimate of drug-likeness (QED) is 0.701. The minimum atomic E-state index is 0.241. The van der Waals surface area contributed by atoms with Gasteiger partial charge in [0.15, 0.2) is 5.82 Å². The van der Waals surface area contributed by atoms with Crippen molar-refractivity contribution in [3.8, 4) is 17.7 Å². The number of hydrogen-bond donors (Lipinski definition) is 1. The molecule has 0 bridgehead atoms. The van der Waals surface area contributed by atoms with Crippen molar-refractivity contribution >= 4 is 21.7 Å². The summed E-state index contributed by atoms with van der Waals surface area (Å²) in [6.45, 7) is 0.293. The molecule has 3 rings (SSSR count). The lowest BCUT2D eigenvalue weighted by atomic mass is 10.2. The van der Waals surface area contributed by atoms with Gasteiger partial charge in [-0.2, -0.15) is 0 Å². The summed E-state index contributed by atoms with van der Waals surface area (Å²) in [5, 5.41) is 0. The van der Waals surface area contributed by atoms with Gasteiger partial charge in [-0.15, -0.1) is 0 Å². The molecule has 3 aromatic rings. The maximum absolute atomic E-state index is 5.74. The Hall–Kier alpha value is -2.98. The Labute approximate surface area is 147 Å². The van der Waals surface area contributed by atoms with E-state index in [-0.39, 0.29) is 11.7 Å². The zero-order valence-electron chi connectivity index (χ0n) is 12.5. The van der Waals surface area contributed by atoms with Crippen LogP contribution in [0.15, 0.2) is 53.7 Å². The molecule has 24 heavy (non-hydrogen) atoms. The summed E-state index contributed by atoms with van der Waals surface area (Å²) in [5.41, 5.74) is 8.18. The molecular formula is C17H12BrN5O. The summed E-state index contributed by atoms with van der Waals surface area (Å²) in [6.07, 6.45) is 6.60. The number of ether oxygens (including phenoxy) is 1. The monoisotopic (exact) mass is 381 g/mol. The number of anilines is 1. The van der Waals surface area contributed by atoms with E-state index in [1.165, 1.54) is 6.20 Å². The highest BCUT2D eigenvalue weighted by Crippen LogP contribution is 2.19. The van der Waals surface area contributed by atoms with Crippen LogP contribution in [0.2, 0.25) is 0 Å². The third-order valence-corrected chi connectivity index (χ3v) is 3.33. The molecule has 0 aromatic carbocycles. The van der Waals surface area contributed by atoms with Gasteiger partial charge in [-0.1, -0.05) is 5.92 Å². The summed E-state index contributed by atoms with van der Waals surface area (Å²) < 4.78 is 6.17. The smallest absolute Gasteiger partial charge is 0.258 e. The highest BCUT2D eigenvalue weighted by Gasteiger charge is 2.05. The standard InChI is InChI=1S/C17H12BrN5O/c18-15-10-22-16(19)17(23-15)24-11-13-5-8-21-14(9-13)2-1-12-3-6-20-7-4-12/h3-10H,11H2,(H2,19,22). The molecule has 7 heteroatoms. The van der Waals surface area contributed by atoms with Gasteiger partial charge in [-0.05, 0) is 51.7 Å². The van der Waals surface area contributed by atoms with Crippen molar-refractivity contribution in [2.24, 2.45) is 0 Å². The fourth-order valence-corrected chi connectivity index (χ4v) is 2.09. The van der Waals surface area contributed by atoms with Crippen LogP contribution in [0.25, 0.3) is 0 Å². The van der Waals surface area contributed by atoms with Crippen LogP contribution in [0, 0.1) is 11.8 Å². The molecule has 0 aliphatic heterocycles. The molecular weight excluding hydrogens is 370 g/mol. The third kappa shape index (κ3) is 4.27. The van der Waals surface area contributed by atoms with E-state index in [0.29, 0.717) is 16.9 Å². The van der Waals surface area contributed by atoms with Crippen LogP contribution in [0.5, 0.6) is 5.88 Å². The van der Waals surface area contributed by atoms with Gasteiger partial charge in [-0.3, -0.25) is 4.98 Å². The van der Waals surface area contributed by atoms with Crippen LogP contribution < -0.4 is 10.5 Å². The minimum absolute atomic E-state index is 0.241. The van der Waals surface area contributed by atoms with Gasteiger partial charge in [0.05, 0.1) is 6.20 Å². The summed E-state index contributed by atoms with van der Waals surface area (Å²) in [7, 11) is 0. The Morgan fingerprint density at radius 1 is 1.08 bits per heavy atom. The molecule has 2 N–H and O–H groups in total. The van der Waals surface area contributed by atoms with Crippen LogP contribution in [-0.4, -0.2) is 19.9 Å². The van der Waals surface area contributed by atoms with Crippen LogP contribution in [0.1, 0.15) is 16.8 Å². The second-order valence-corrected chi connectivity index (χ2v) is 5.52. The molecule has 3 heterocycles. The maximum atomic E-state index is 5.74. The molecule has 0 radical (unpaired) electrons. The Bertz CT molecular complexity index is 906. The molecule has 0 fully saturated rings. The molecule has 0 atom stereocenters. The summed E-state index contributed by atoms with van der Waals surface area (Å²) in [4.78, 5) is 16.3. The van der Waals surface area contributed by atoms with Gasteiger partial charge in [0.2, 0.25) is 0 Å². The number of nitrogens with two attached hydrogens (primary N) is 1. The van der Waals surface area contributed by atoms with E-state index in [4.69, 9.17) is 10.5 Å². The SMILES string of the molecule is Nc1ncc(Br)nc1OCc1ccnc(C#Cc2ccncc2)c1. The number of nitrogen functional groups attached to an aromatic ring is 1. The maximum Gasteiger partial charge on any atom is 0.258 e. The van der Waals surface area contributed by atoms with Crippen molar-refractivity contribution in [3.05, 3.63) is 70.5 Å². The lowest BCUT2D eigenvalue weighted by Crippen LogP contribution is -2.03. The summed E-state index contributed by atoms with van der Waals surface area (Å²) in [6, 6.07) is 7.39. The molecule has 0 saturated carbocycles. The topological polar surface area (TPSA) is 86.8 Å². The van der Waals surface area contributed by atoms with Crippen LogP contribution in [0.4, 0.5) is 5.82 Å². The molecule has 118 valence electrons. The summed E-state index contributed by atoms with van der Waals surface area (Å²) in [5.74, 6) is 6.58. The third-order valence-electron chi connectivity index (χ3n) is 2.95. The zero-order valence-corrected chi connectivity index (χ0v) is 14.1. The van der Waals surface area contributed by atoms with Crippen molar-refractivity contribution in [2.45, 2.75) is 6.61 Å². The lowest BCUT2D eigenvalue weighted by Gasteiger charge is -2.07. The van der Waals surface area contributed by atoms with E-state index in [0.717, 1.165) is 11.1 Å². The number of rotatable bonds is 3. The Balaban J connectivity index is 1.72. The number of nitrogens with zero attached hydrogens (tertiary/aromatic N) is 4. The van der Waals surface area contributed by atoms with E-state index in [9.17, 15) is 0 Å². The summed E-state index contributed by atoms with van der Waals surface area (Å²) >= 11 is 3.23. The van der Waals surface area contributed by atoms with Gasteiger partial charge in [-0.25, -0.2) is 15.0 Å². The Morgan fingerprint density at radius 2 is 1.92 bits per heavy atom. The van der Waals surface area contributed by atoms with Gasteiger partial charge in [0, 0.05) is 24.2 Å². The average molecular weight is 382 g/mol. The predicted octanol–water partition coefficient (Wildman–Crippen LogP) is 2.59. The number of aromatic nitrogens is 4. The fourth-order valence-electron chi connectivity index (χ4n) is 1.82. The highest BCUT2D eigenvalue weighted by atomic mass is 79.9.